The first-order chi connectivity index (χ1) is 9.50. The minimum absolute atomic E-state index is 0.525. The van der Waals surface area contributed by atoms with Gasteiger partial charge >= 0.3 is 0 Å². The summed E-state index contributed by atoms with van der Waals surface area (Å²) in [7, 11) is 4.44. The molecule has 2 aliphatic rings. The molecule has 0 aromatic rings. The fourth-order valence-corrected chi connectivity index (χ4v) is 4.15. The van der Waals surface area contributed by atoms with Crippen LogP contribution in [0.15, 0.2) is 0 Å². The molecule has 1 heterocycles. The molecular formula is C17H34N2O. The largest absolute Gasteiger partial charge is 0.381 e. The van der Waals surface area contributed by atoms with Crippen LogP contribution in [0, 0.1) is 17.3 Å². The SMILES string of the molecule is CNC1CCC(C)(C)CC1CN(C)CC1CCOCC1. The van der Waals surface area contributed by atoms with Crippen LogP contribution in [0.5, 0.6) is 0 Å². The zero-order chi connectivity index (χ0) is 14.6. The predicted molar refractivity (Wildman–Crippen MR) is 85.0 cm³/mol. The molecule has 1 aliphatic heterocycles. The number of ether oxygens (including phenoxy) is 1. The Bertz CT molecular complexity index is 287. The van der Waals surface area contributed by atoms with Crippen LogP contribution in [-0.2, 0) is 4.74 Å². The van der Waals surface area contributed by atoms with Crippen molar-refractivity contribution in [1.29, 1.82) is 0 Å². The minimum atomic E-state index is 0.525. The summed E-state index contributed by atoms with van der Waals surface area (Å²) >= 11 is 0. The lowest BCUT2D eigenvalue weighted by Gasteiger charge is -2.42. The van der Waals surface area contributed by atoms with Gasteiger partial charge in [-0.25, -0.2) is 0 Å². The molecule has 0 aromatic heterocycles. The maximum Gasteiger partial charge on any atom is 0.0469 e. The van der Waals surface area contributed by atoms with Crippen molar-refractivity contribution in [1.82, 2.24) is 10.2 Å². The number of nitrogens with zero attached hydrogens (tertiary/aromatic N) is 1. The van der Waals surface area contributed by atoms with Gasteiger partial charge in [0.1, 0.15) is 0 Å². The molecule has 0 amide bonds. The fourth-order valence-electron chi connectivity index (χ4n) is 4.15. The molecule has 20 heavy (non-hydrogen) atoms. The van der Waals surface area contributed by atoms with Crippen LogP contribution >= 0.6 is 0 Å². The molecule has 1 saturated heterocycles. The normalized spacial score (nSPS) is 31.6. The Kier molecular flexibility index (Phi) is 5.88. The zero-order valence-corrected chi connectivity index (χ0v) is 14.0. The Hall–Kier alpha value is -0.120. The summed E-state index contributed by atoms with van der Waals surface area (Å²) < 4.78 is 5.46. The lowest BCUT2D eigenvalue weighted by molar-refractivity contribution is 0.0482. The molecule has 2 rings (SSSR count). The van der Waals surface area contributed by atoms with Gasteiger partial charge in [0, 0.05) is 32.3 Å². The van der Waals surface area contributed by atoms with Crippen LogP contribution in [0.25, 0.3) is 0 Å². The van der Waals surface area contributed by atoms with Gasteiger partial charge in [0.2, 0.25) is 0 Å². The van der Waals surface area contributed by atoms with Gasteiger partial charge in [0.05, 0.1) is 0 Å². The first-order valence-electron chi connectivity index (χ1n) is 8.44. The maximum absolute atomic E-state index is 5.46. The summed E-state index contributed by atoms with van der Waals surface area (Å²) in [6, 6.07) is 0.708. The number of hydrogen-bond donors (Lipinski definition) is 1. The summed E-state index contributed by atoms with van der Waals surface area (Å²) in [6.45, 7) is 9.29. The third-order valence-electron chi connectivity index (χ3n) is 5.34. The van der Waals surface area contributed by atoms with E-state index in [9.17, 15) is 0 Å². The minimum Gasteiger partial charge on any atom is -0.381 e. The summed E-state index contributed by atoms with van der Waals surface area (Å²) in [4.78, 5) is 2.58. The molecule has 0 spiro atoms. The maximum atomic E-state index is 5.46. The summed E-state index contributed by atoms with van der Waals surface area (Å²) in [5.74, 6) is 1.65. The molecule has 118 valence electrons. The fraction of sp³-hybridized carbons (Fsp3) is 1.00. The highest BCUT2D eigenvalue weighted by molar-refractivity contribution is 4.89. The van der Waals surface area contributed by atoms with Crippen molar-refractivity contribution in [3.63, 3.8) is 0 Å². The van der Waals surface area contributed by atoms with Crippen molar-refractivity contribution in [3.05, 3.63) is 0 Å². The Morgan fingerprint density at radius 2 is 1.85 bits per heavy atom. The van der Waals surface area contributed by atoms with Crippen LogP contribution in [0.4, 0.5) is 0 Å². The smallest absolute Gasteiger partial charge is 0.0469 e. The van der Waals surface area contributed by atoms with Gasteiger partial charge in [-0.05, 0) is 63.5 Å². The average molecular weight is 282 g/mol. The molecule has 2 fully saturated rings. The van der Waals surface area contributed by atoms with E-state index in [1.165, 1.54) is 45.2 Å². The molecule has 2 unspecified atom stereocenters. The monoisotopic (exact) mass is 282 g/mol. The quantitative estimate of drug-likeness (QED) is 0.839. The van der Waals surface area contributed by atoms with Gasteiger partial charge in [-0.1, -0.05) is 13.8 Å². The Morgan fingerprint density at radius 1 is 1.15 bits per heavy atom. The molecule has 1 saturated carbocycles. The third kappa shape index (κ3) is 4.71. The van der Waals surface area contributed by atoms with E-state index in [0.717, 1.165) is 25.0 Å². The second kappa shape index (κ2) is 7.24. The molecule has 1 N–H and O–H groups in total. The van der Waals surface area contributed by atoms with Gasteiger partial charge in [0.15, 0.2) is 0 Å². The lowest BCUT2D eigenvalue weighted by Crippen LogP contribution is -2.46. The molecule has 1 aliphatic carbocycles. The second-order valence-electron chi connectivity index (χ2n) is 7.84. The average Bonchev–Trinajstić information content (AvgIpc) is 2.39. The highest BCUT2D eigenvalue weighted by atomic mass is 16.5. The van der Waals surface area contributed by atoms with Crippen molar-refractivity contribution in [2.45, 2.75) is 52.0 Å². The van der Waals surface area contributed by atoms with E-state index in [4.69, 9.17) is 4.74 Å². The van der Waals surface area contributed by atoms with E-state index in [0.29, 0.717) is 11.5 Å². The Balaban J connectivity index is 1.82. The van der Waals surface area contributed by atoms with Gasteiger partial charge in [-0.3, -0.25) is 0 Å². The van der Waals surface area contributed by atoms with E-state index in [1.807, 2.05) is 0 Å². The third-order valence-corrected chi connectivity index (χ3v) is 5.34. The van der Waals surface area contributed by atoms with E-state index in [1.54, 1.807) is 0 Å². The number of hydrogen-bond acceptors (Lipinski definition) is 3. The Labute approximate surface area is 125 Å². The van der Waals surface area contributed by atoms with Crippen LogP contribution in [0.3, 0.4) is 0 Å². The predicted octanol–water partition coefficient (Wildman–Crippen LogP) is 2.76. The van der Waals surface area contributed by atoms with Gasteiger partial charge in [-0.2, -0.15) is 0 Å². The van der Waals surface area contributed by atoms with Crippen LogP contribution in [0.1, 0.15) is 46.0 Å². The molecule has 3 nitrogen and oxygen atoms in total. The van der Waals surface area contributed by atoms with Crippen LogP contribution in [0.2, 0.25) is 0 Å². The van der Waals surface area contributed by atoms with E-state index in [2.05, 4.69) is 38.2 Å². The molecule has 2 atom stereocenters. The first-order valence-corrected chi connectivity index (χ1v) is 8.44. The standard InChI is InChI=1S/C17H34N2O/c1-17(2)8-5-16(18-3)15(11-17)13-19(4)12-14-6-9-20-10-7-14/h14-16,18H,5-13H2,1-4H3. The topological polar surface area (TPSA) is 24.5 Å². The number of rotatable bonds is 5. The van der Waals surface area contributed by atoms with E-state index < -0.39 is 0 Å². The van der Waals surface area contributed by atoms with Crippen LogP contribution in [-0.4, -0.2) is 51.3 Å². The molecule has 0 aromatic carbocycles. The molecule has 0 radical (unpaired) electrons. The number of nitrogens with one attached hydrogen (secondary N) is 1. The first kappa shape index (κ1) is 16.3. The highest BCUT2D eigenvalue weighted by Crippen LogP contribution is 2.39. The molecule has 3 heteroatoms. The molecular weight excluding hydrogens is 248 g/mol. The van der Waals surface area contributed by atoms with Crippen molar-refractivity contribution < 1.29 is 4.74 Å². The van der Waals surface area contributed by atoms with Gasteiger partial charge < -0.3 is 15.0 Å². The van der Waals surface area contributed by atoms with Crippen molar-refractivity contribution in [2.75, 3.05) is 40.4 Å². The highest BCUT2D eigenvalue weighted by Gasteiger charge is 2.34. The summed E-state index contributed by atoms with van der Waals surface area (Å²) in [5, 5.41) is 3.55. The van der Waals surface area contributed by atoms with Crippen molar-refractivity contribution in [3.8, 4) is 0 Å². The molecule has 0 bridgehead atoms. The summed E-state index contributed by atoms with van der Waals surface area (Å²) in [5.41, 5.74) is 0.525. The van der Waals surface area contributed by atoms with E-state index >= 15 is 0 Å². The van der Waals surface area contributed by atoms with Crippen molar-refractivity contribution >= 4 is 0 Å². The Morgan fingerprint density at radius 3 is 2.50 bits per heavy atom. The van der Waals surface area contributed by atoms with Gasteiger partial charge in [0.25, 0.3) is 0 Å². The lowest BCUT2D eigenvalue weighted by atomic mass is 9.69. The summed E-state index contributed by atoms with van der Waals surface area (Å²) in [6.07, 6.45) is 6.54. The van der Waals surface area contributed by atoms with Crippen molar-refractivity contribution in [2.24, 2.45) is 17.3 Å². The van der Waals surface area contributed by atoms with E-state index in [-0.39, 0.29) is 0 Å². The van der Waals surface area contributed by atoms with Crippen LogP contribution < -0.4 is 5.32 Å². The zero-order valence-electron chi connectivity index (χ0n) is 14.0. The second-order valence-corrected chi connectivity index (χ2v) is 7.84. The van der Waals surface area contributed by atoms with Gasteiger partial charge in [-0.15, -0.1) is 0 Å².